The summed E-state index contributed by atoms with van der Waals surface area (Å²) in [4.78, 5) is 11.9. The zero-order valence-electron chi connectivity index (χ0n) is 13.6. The van der Waals surface area contributed by atoms with E-state index in [1.165, 1.54) is 17.2 Å². The number of rotatable bonds is 7. The van der Waals surface area contributed by atoms with Crippen molar-refractivity contribution in [2.24, 2.45) is 0 Å². The molecule has 4 heteroatoms. The van der Waals surface area contributed by atoms with Gasteiger partial charge in [0.25, 0.3) is 0 Å². The molecule has 1 amide bonds. The van der Waals surface area contributed by atoms with Crippen molar-refractivity contribution in [1.29, 1.82) is 0 Å². The second-order valence-corrected chi connectivity index (χ2v) is 5.65. The number of amides is 1. The van der Waals surface area contributed by atoms with Crippen LogP contribution in [0.4, 0.5) is 4.39 Å². The van der Waals surface area contributed by atoms with Gasteiger partial charge in [-0.25, -0.2) is 4.39 Å². The highest BCUT2D eigenvalue weighted by molar-refractivity contribution is 5.78. The van der Waals surface area contributed by atoms with Crippen LogP contribution >= 0.6 is 0 Å². The quantitative estimate of drug-likeness (QED) is 0.824. The molecule has 0 aliphatic rings. The first kappa shape index (κ1) is 17.2. The monoisotopic (exact) mass is 314 g/mol. The molecule has 122 valence electrons. The number of aryl methyl sites for hydroxylation is 1. The molecule has 0 heterocycles. The van der Waals surface area contributed by atoms with Gasteiger partial charge in [0.1, 0.15) is 5.82 Å². The molecule has 0 saturated heterocycles. The third-order valence-corrected chi connectivity index (χ3v) is 3.92. The van der Waals surface area contributed by atoms with E-state index in [-0.39, 0.29) is 24.3 Å². The van der Waals surface area contributed by atoms with Gasteiger partial charge in [-0.1, -0.05) is 42.5 Å². The molecule has 0 aromatic heterocycles. The van der Waals surface area contributed by atoms with Crippen LogP contribution < -0.4 is 10.6 Å². The summed E-state index contributed by atoms with van der Waals surface area (Å²) in [5.41, 5.74) is 3.04. The van der Waals surface area contributed by atoms with Gasteiger partial charge in [-0.05, 0) is 37.5 Å². The number of halogens is 1. The summed E-state index contributed by atoms with van der Waals surface area (Å²) in [5.74, 6) is -0.339. The van der Waals surface area contributed by atoms with Gasteiger partial charge < -0.3 is 10.6 Å². The predicted octanol–water partition coefficient (Wildman–Crippen LogP) is 3.14. The fraction of sp³-hybridized carbons (Fsp3) is 0.316. The summed E-state index contributed by atoms with van der Waals surface area (Å²) >= 11 is 0. The zero-order chi connectivity index (χ0) is 16.7. The maximum atomic E-state index is 13.7. The van der Waals surface area contributed by atoms with Gasteiger partial charge in [-0.15, -0.1) is 0 Å². The van der Waals surface area contributed by atoms with Crippen LogP contribution in [0.5, 0.6) is 0 Å². The normalized spacial score (nSPS) is 12.0. The van der Waals surface area contributed by atoms with Gasteiger partial charge >= 0.3 is 0 Å². The first-order valence-electron chi connectivity index (χ1n) is 7.87. The molecule has 0 aliphatic heterocycles. The topological polar surface area (TPSA) is 41.1 Å². The number of carbonyl (C=O) groups is 1. The van der Waals surface area contributed by atoms with Gasteiger partial charge in [0.05, 0.1) is 6.54 Å². The van der Waals surface area contributed by atoms with Crippen molar-refractivity contribution in [1.82, 2.24) is 10.6 Å². The molecule has 23 heavy (non-hydrogen) atoms. The van der Waals surface area contributed by atoms with E-state index in [0.717, 1.165) is 6.42 Å². The van der Waals surface area contributed by atoms with Crippen LogP contribution in [-0.4, -0.2) is 19.0 Å². The molecule has 0 bridgehead atoms. The van der Waals surface area contributed by atoms with E-state index in [0.29, 0.717) is 12.1 Å². The van der Waals surface area contributed by atoms with Crippen LogP contribution in [0.2, 0.25) is 0 Å². The Labute approximate surface area is 136 Å². The highest BCUT2D eigenvalue weighted by Crippen LogP contribution is 2.15. The Balaban J connectivity index is 1.73. The summed E-state index contributed by atoms with van der Waals surface area (Å²) < 4.78 is 13.7. The molecule has 2 rings (SSSR count). The summed E-state index contributed by atoms with van der Waals surface area (Å²) in [7, 11) is 0. The highest BCUT2D eigenvalue weighted by atomic mass is 19.1. The molecule has 2 aromatic carbocycles. The Kier molecular flexibility index (Phi) is 6.29. The number of benzene rings is 2. The van der Waals surface area contributed by atoms with Gasteiger partial charge in [-0.2, -0.15) is 0 Å². The molecule has 0 radical (unpaired) electrons. The summed E-state index contributed by atoms with van der Waals surface area (Å²) in [5, 5.41) is 5.93. The first-order valence-corrected chi connectivity index (χ1v) is 7.87. The Hall–Kier alpha value is -2.20. The lowest BCUT2D eigenvalue weighted by Gasteiger charge is -2.15. The Morgan fingerprint density at radius 2 is 1.83 bits per heavy atom. The Bertz CT molecular complexity index is 657. The third-order valence-electron chi connectivity index (χ3n) is 3.92. The van der Waals surface area contributed by atoms with Crippen molar-refractivity contribution in [2.45, 2.75) is 26.3 Å². The minimum atomic E-state index is -0.257. The summed E-state index contributed by atoms with van der Waals surface area (Å²) in [6, 6.07) is 14.5. The molecule has 0 aliphatic carbocycles. The summed E-state index contributed by atoms with van der Waals surface area (Å²) in [6.07, 6.45) is 0.807. The largest absolute Gasteiger partial charge is 0.355 e. The maximum Gasteiger partial charge on any atom is 0.233 e. The second-order valence-electron chi connectivity index (χ2n) is 5.65. The van der Waals surface area contributed by atoms with Crippen molar-refractivity contribution < 1.29 is 9.18 Å². The SMILES string of the molecule is Cc1ccccc1CCNC(=O)CNC(C)c1ccccc1F. The smallest absolute Gasteiger partial charge is 0.233 e. The summed E-state index contributed by atoms with van der Waals surface area (Å²) in [6.45, 7) is 4.68. The van der Waals surface area contributed by atoms with Gasteiger partial charge in [0.2, 0.25) is 5.91 Å². The fourth-order valence-corrected chi connectivity index (χ4v) is 2.47. The van der Waals surface area contributed by atoms with E-state index in [2.05, 4.69) is 29.7 Å². The lowest BCUT2D eigenvalue weighted by Crippen LogP contribution is -2.36. The molecule has 2 aromatic rings. The second kappa shape index (κ2) is 8.44. The predicted molar refractivity (Wildman–Crippen MR) is 90.7 cm³/mol. The first-order chi connectivity index (χ1) is 11.1. The molecule has 1 atom stereocenters. The highest BCUT2D eigenvalue weighted by Gasteiger charge is 2.11. The standard InChI is InChI=1S/C19H23FN2O/c1-14-7-3-4-8-16(14)11-12-21-19(23)13-22-15(2)17-9-5-6-10-18(17)20/h3-10,15,22H,11-13H2,1-2H3,(H,21,23). The van der Waals surface area contributed by atoms with Crippen LogP contribution in [-0.2, 0) is 11.2 Å². The van der Waals surface area contributed by atoms with E-state index in [4.69, 9.17) is 0 Å². The lowest BCUT2D eigenvalue weighted by molar-refractivity contribution is -0.120. The molecular formula is C19H23FN2O. The average molecular weight is 314 g/mol. The van der Waals surface area contributed by atoms with E-state index in [1.54, 1.807) is 18.2 Å². The average Bonchev–Trinajstić information content (AvgIpc) is 2.55. The minimum absolute atomic E-state index is 0.0817. The van der Waals surface area contributed by atoms with Gasteiger partial charge in [-0.3, -0.25) is 4.79 Å². The van der Waals surface area contributed by atoms with Crippen molar-refractivity contribution in [3.63, 3.8) is 0 Å². The van der Waals surface area contributed by atoms with Crippen LogP contribution in [0.25, 0.3) is 0 Å². The van der Waals surface area contributed by atoms with E-state index >= 15 is 0 Å². The van der Waals surface area contributed by atoms with Crippen LogP contribution in [0.15, 0.2) is 48.5 Å². The fourth-order valence-electron chi connectivity index (χ4n) is 2.47. The van der Waals surface area contributed by atoms with Crippen molar-refractivity contribution in [3.05, 3.63) is 71.0 Å². The number of nitrogens with one attached hydrogen (secondary N) is 2. The number of carbonyl (C=O) groups excluding carboxylic acids is 1. The third kappa shape index (κ3) is 5.18. The van der Waals surface area contributed by atoms with Gasteiger partial charge in [0.15, 0.2) is 0 Å². The van der Waals surface area contributed by atoms with Crippen LogP contribution in [0, 0.1) is 12.7 Å². The van der Waals surface area contributed by atoms with Gasteiger partial charge in [0, 0.05) is 18.2 Å². The molecule has 1 unspecified atom stereocenters. The van der Waals surface area contributed by atoms with Crippen LogP contribution in [0.3, 0.4) is 0 Å². The van der Waals surface area contributed by atoms with Crippen molar-refractivity contribution >= 4 is 5.91 Å². The van der Waals surface area contributed by atoms with E-state index in [1.807, 2.05) is 19.1 Å². The molecule has 0 fully saturated rings. The van der Waals surface area contributed by atoms with Crippen molar-refractivity contribution in [3.8, 4) is 0 Å². The maximum absolute atomic E-state index is 13.7. The van der Waals surface area contributed by atoms with E-state index in [9.17, 15) is 9.18 Å². The van der Waals surface area contributed by atoms with Crippen LogP contribution in [0.1, 0.15) is 29.7 Å². The Morgan fingerprint density at radius 1 is 1.13 bits per heavy atom. The number of hydrogen-bond acceptors (Lipinski definition) is 2. The van der Waals surface area contributed by atoms with E-state index < -0.39 is 0 Å². The molecule has 0 spiro atoms. The van der Waals surface area contributed by atoms with Crippen molar-refractivity contribution in [2.75, 3.05) is 13.1 Å². The zero-order valence-corrected chi connectivity index (χ0v) is 13.6. The molecule has 3 nitrogen and oxygen atoms in total. The molecule has 0 saturated carbocycles. The Morgan fingerprint density at radius 3 is 2.57 bits per heavy atom. The molecule has 2 N–H and O–H groups in total. The number of hydrogen-bond donors (Lipinski definition) is 2. The lowest BCUT2D eigenvalue weighted by atomic mass is 10.1. The molecular weight excluding hydrogens is 291 g/mol. The minimum Gasteiger partial charge on any atom is -0.355 e.